The molecule has 3 heterocycles. The highest BCUT2D eigenvalue weighted by Gasteiger charge is 2.29. The highest BCUT2D eigenvalue weighted by atomic mass is 16.3. The molecule has 21 heavy (non-hydrogen) atoms. The lowest BCUT2D eigenvalue weighted by atomic mass is 9.88. The van der Waals surface area contributed by atoms with Gasteiger partial charge >= 0.3 is 0 Å². The number of amides is 1. The fourth-order valence-electron chi connectivity index (χ4n) is 2.93. The fourth-order valence-corrected chi connectivity index (χ4v) is 2.93. The van der Waals surface area contributed by atoms with Crippen LogP contribution in [-0.2, 0) is 11.2 Å². The van der Waals surface area contributed by atoms with Gasteiger partial charge in [0, 0.05) is 23.9 Å². The molecule has 0 saturated carbocycles. The van der Waals surface area contributed by atoms with Crippen LogP contribution in [0.1, 0.15) is 36.3 Å². The van der Waals surface area contributed by atoms with Crippen molar-refractivity contribution >= 4 is 22.5 Å². The predicted molar refractivity (Wildman–Crippen MR) is 79.3 cm³/mol. The van der Waals surface area contributed by atoms with Crippen LogP contribution >= 0.6 is 0 Å². The number of aromatic amines is 1. The molecule has 0 radical (unpaired) electrons. The number of furan rings is 1. The van der Waals surface area contributed by atoms with Crippen LogP contribution in [0.5, 0.6) is 0 Å². The van der Waals surface area contributed by atoms with Gasteiger partial charge in [-0.25, -0.2) is 0 Å². The standard InChI is InChI=1S/C16H15N3O2/c1-2-10-3-4-15(21-10)12-6-16(20)18-14-7-13-9(5-11(12)14)8-17-19-13/h3-5,7-8,12H,2,6H2,1H3,(H,17,19)(H,18,20)/t12-/m1/s1. The van der Waals surface area contributed by atoms with Crippen molar-refractivity contribution in [1.29, 1.82) is 0 Å². The first-order valence-corrected chi connectivity index (χ1v) is 7.10. The minimum absolute atomic E-state index is 0.0146. The number of rotatable bonds is 2. The summed E-state index contributed by atoms with van der Waals surface area (Å²) in [6.07, 6.45) is 3.06. The van der Waals surface area contributed by atoms with E-state index in [0.29, 0.717) is 6.42 Å². The highest BCUT2D eigenvalue weighted by Crippen LogP contribution is 2.39. The smallest absolute Gasteiger partial charge is 0.225 e. The Kier molecular flexibility index (Phi) is 2.60. The molecule has 0 fully saturated rings. The summed E-state index contributed by atoms with van der Waals surface area (Å²) < 4.78 is 5.87. The second-order valence-electron chi connectivity index (χ2n) is 5.36. The summed E-state index contributed by atoms with van der Waals surface area (Å²) >= 11 is 0. The van der Waals surface area contributed by atoms with Gasteiger partial charge in [-0.2, -0.15) is 5.10 Å². The van der Waals surface area contributed by atoms with E-state index < -0.39 is 0 Å². The number of benzene rings is 1. The van der Waals surface area contributed by atoms with Crippen molar-refractivity contribution in [3.63, 3.8) is 0 Å². The van der Waals surface area contributed by atoms with E-state index in [-0.39, 0.29) is 11.8 Å². The molecule has 2 aromatic heterocycles. The molecule has 0 saturated heterocycles. The largest absolute Gasteiger partial charge is 0.465 e. The highest BCUT2D eigenvalue weighted by molar-refractivity contribution is 5.98. The van der Waals surface area contributed by atoms with Crippen LogP contribution < -0.4 is 5.32 Å². The number of hydrogen-bond donors (Lipinski definition) is 2. The van der Waals surface area contributed by atoms with Crippen LogP contribution in [-0.4, -0.2) is 16.1 Å². The number of aryl methyl sites for hydroxylation is 1. The molecular formula is C16H15N3O2. The average molecular weight is 281 g/mol. The van der Waals surface area contributed by atoms with Crippen molar-refractivity contribution in [2.75, 3.05) is 5.32 Å². The molecule has 4 rings (SSSR count). The van der Waals surface area contributed by atoms with Crippen LogP contribution in [0.15, 0.2) is 34.9 Å². The van der Waals surface area contributed by atoms with Gasteiger partial charge in [-0.05, 0) is 29.8 Å². The molecule has 0 spiro atoms. The first-order valence-electron chi connectivity index (χ1n) is 7.10. The molecule has 106 valence electrons. The molecule has 5 nitrogen and oxygen atoms in total. The molecule has 1 aromatic carbocycles. The lowest BCUT2D eigenvalue weighted by molar-refractivity contribution is -0.116. The van der Waals surface area contributed by atoms with Crippen LogP contribution in [0, 0.1) is 0 Å². The Morgan fingerprint density at radius 2 is 2.29 bits per heavy atom. The summed E-state index contributed by atoms with van der Waals surface area (Å²) in [5.41, 5.74) is 2.84. The minimum atomic E-state index is -0.0339. The Labute approximate surface area is 121 Å². The summed E-state index contributed by atoms with van der Waals surface area (Å²) in [4.78, 5) is 12.0. The third-order valence-electron chi connectivity index (χ3n) is 4.02. The van der Waals surface area contributed by atoms with E-state index >= 15 is 0 Å². The molecule has 1 aliphatic heterocycles. The molecule has 0 unspecified atom stereocenters. The fraction of sp³-hybridized carbons (Fsp3) is 0.250. The van der Waals surface area contributed by atoms with Crippen LogP contribution in [0.25, 0.3) is 10.9 Å². The summed E-state index contributed by atoms with van der Waals surface area (Å²) in [7, 11) is 0. The second-order valence-corrected chi connectivity index (χ2v) is 5.36. The maximum atomic E-state index is 12.0. The predicted octanol–water partition coefficient (Wildman–Crippen LogP) is 3.19. The topological polar surface area (TPSA) is 70.9 Å². The van der Waals surface area contributed by atoms with Gasteiger partial charge in [-0.15, -0.1) is 0 Å². The quantitative estimate of drug-likeness (QED) is 0.757. The zero-order chi connectivity index (χ0) is 14.4. The Balaban J connectivity index is 1.87. The number of nitrogens with one attached hydrogen (secondary N) is 2. The van der Waals surface area contributed by atoms with E-state index in [1.165, 1.54) is 0 Å². The average Bonchev–Trinajstić information content (AvgIpc) is 3.12. The molecule has 0 aliphatic carbocycles. The van der Waals surface area contributed by atoms with Gasteiger partial charge < -0.3 is 9.73 Å². The molecule has 3 aromatic rings. The van der Waals surface area contributed by atoms with Crippen molar-refractivity contribution < 1.29 is 9.21 Å². The lowest BCUT2D eigenvalue weighted by Gasteiger charge is -2.24. The van der Waals surface area contributed by atoms with Gasteiger partial charge in [0.1, 0.15) is 11.5 Å². The van der Waals surface area contributed by atoms with Crippen molar-refractivity contribution in [3.8, 4) is 0 Å². The molecule has 1 amide bonds. The number of fused-ring (bicyclic) bond motifs is 2. The summed E-state index contributed by atoms with van der Waals surface area (Å²) in [5.74, 6) is 1.78. The Bertz CT molecular complexity index is 831. The van der Waals surface area contributed by atoms with Gasteiger partial charge in [0.05, 0.1) is 17.6 Å². The van der Waals surface area contributed by atoms with E-state index in [4.69, 9.17) is 4.42 Å². The van der Waals surface area contributed by atoms with Crippen molar-refractivity contribution in [2.45, 2.75) is 25.7 Å². The summed E-state index contributed by atoms with van der Waals surface area (Å²) in [5, 5.41) is 10.9. The number of nitrogens with zero attached hydrogens (tertiary/aromatic N) is 1. The normalized spacial score (nSPS) is 17.8. The van der Waals surface area contributed by atoms with E-state index in [9.17, 15) is 4.79 Å². The minimum Gasteiger partial charge on any atom is -0.465 e. The van der Waals surface area contributed by atoms with Gasteiger partial charge in [-0.3, -0.25) is 9.89 Å². The molecular weight excluding hydrogens is 266 g/mol. The molecule has 0 bridgehead atoms. The number of aromatic nitrogens is 2. The maximum Gasteiger partial charge on any atom is 0.225 e. The van der Waals surface area contributed by atoms with Gasteiger partial charge in [0.25, 0.3) is 0 Å². The third-order valence-corrected chi connectivity index (χ3v) is 4.02. The Morgan fingerprint density at radius 3 is 3.10 bits per heavy atom. The van der Waals surface area contributed by atoms with Gasteiger partial charge in [0.2, 0.25) is 5.91 Å². The number of anilines is 1. The maximum absolute atomic E-state index is 12.0. The summed E-state index contributed by atoms with van der Waals surface area (Å²) in [6.45, 7) is 2.05. The van der Waals surface area contributed by atoms with Crippen molar-refractivity contribution in [2.24, 2.45) is 0 Å². The third kappa shape index (κ3) is 1.93. The lowest BCUT2D eigenvalue weighted by Crippen LogP contribution is -2.23. The van der Waals surface area contributed by atoms with E-state index in [0.717, 1.165) is 40.1 Å². The molecule has 5 heteroatoms. The van der Waals surface area contributed by atoms with Crippen molar-refractivity contribution in [1.82, 2.24) is 10.2 Å². The number of carbonyl (C=O) groups excluding carboxylic acids is 1. The van der Waals surface area contributed by atoms with Crippen LogP contribution in [0.4, 0.5) is 5.69 Å². The number of carbonyl (C=O) groups is 1. The SMILES string of the molecule is CCc1ccc([C@@H]2CC(=O)Nc3cc4[nH]ncc4cc32)o1. The summed E-state index contributed by atoms with van der Waals surface area (Å²) in [6, 6.07) is 7.97. The number of hydrogen-bond acceptors (Lipinski definition) is 3. The number of H-pyrrole nitrogens is 1. The van der Waals surface area contributed by atoms with E-state index in [1.807, 2.05) is 18.2 Å². The molecule has 1 aliphatic rings. The molecule has 1 atom stereocenters. The Morgan fingerprint density at radius 1 is 1.38 bits per heavy atom. The zero-order valence-electron chi connectivity index (χ0n) is 11.6. The molecule has 2 N–H and O–H groups in total. The van der Waals surface area contributed by atoms with E-state index in [2.05, 4.69) is 28.5 Å². The van der Waals surface area contributed by atoms with Gasteiger partial charge in [-0.1, -0.05) is 6.92 Å². The zero-order valence-corrected chi connectivity index (χ0v) is 11.6. The first kappa shape index (κ1) is 12.2. The second kappa shape index (κ2) is 4.48. The van der Waals surface area contributed by atoms with Crippen LogP contribution in [0.3, 0.4) is 0 Å². The monoisotopic (exact) mass is 281 g/mol. The first-order chi connectivity index (χ1) is 10.2. The Hall–Kier alpha value is -2.56. The van der Waals surface area contributed by atoms with E-state index in [1.54, 1.807) is 6.20 Å². The van der Waals surface area contributed by atoms with Crippen LogP contribution in [0.2, 0.25) is 0 Å². The van der Waals surface area contributed by atoms with Gasteiger partial charge in [0.15, 0.2) is 0 Å². The van der Waals surface area contributed by atoms with Crippen molar-refractivity contribution in [3.05, 3.63) is 47.5 Å².